The largest absolute Gasteiger partial charge is 0.315 e. The van der Waals surface area contributed by atoms with Gasteiger partial charge in [-0.05, 0) is 24.3 Å². The average molecular weight is 281 g/mol. The van der Waals surface area contributed by atoms with Gasteiger partial charge in [0.1, 0.15) is 6.33 Å². The Hall–Kier alpha value is -2.76. The molecule has 0 saturated heterocycles. The molecule has 0 unspecified atom stereocenters. The lowest BCUT2D eigenvalue weighted by atomic mass is 10.1. The molecule has 0 spiro atoms. The Bertz CT molecular complexity index is 795. The van der Waals surface area contributed by atoms with Gasteiger partial charge < -0.3 is 4.90 Å². The smallest absolute Gasteiger partial charge is 0.226 e. The van der Waals surface area contributed by atoms with E-state index in [-0.39, 0.29) is 5.91 Å². The third-order valence-corrected chi connectivity index (χ3v) is 3.37. The summed E-state index contributed by atoms with van der Waals surface area (Å²) in [6, 6.07) is 11.5. The van der Waals surface area contributed by atoms with Crippen LogP contribution in [0.1, 0.15) is 13.3 Å². The van der Waals surface area contributed by atoms with Crippen LogP contribution in [-0.2, 0) is 4.79 Å². The Labute approximate surface area is 122 Å². The molecule has 0 radical (unpaired) electrons. The minimum atomic E-state index is 0.0781. The predicted molar refractivity (Wildman–Crippen MR) is 79.9 cm³/mol. The lowest BCUT2D eigenvalue weighted by molar-refractivity contribution is -0.118. The zero-order valence-electron chi connectivity index (χ0n) is 11.9. The molecule has 0 aliphatic carbocycles. The van der Waals surface area contributed by atoms with E-state index >= 15 is 0 Å². The van der Waals surface area contributed by atoms with E-state index in [1.54, 1.807) is 22.8 Å². The number of anilines is 1. The van der Waals surface area contributed by atoms with Gasteiger partial charge in [-0.3, -0.25) is 4.79 Å². The highest BCUT2D eigenvalue weighted by atomic mass is 16.2. The molecule has 1 aromatic carbocycles. The minimum absolute atomic E-state index is 0.0781. The molecule has 106 valence electrons. The second-order valence-corrected chi connectivity index (χ2v) is 4.71. The molecular weight excluding hydrogens is 266 g/mol. The fraction of sp³-hybridized carbons (Fsp3) is 0.200. The maximum atomic E-state index is 11.8. The van der Waals surface area contributed by atoms with Gasteiger partial charge in [-0.15, -0.1) is 10.2 Å². The van der Waals surface area contributed by atoms with E-state index in [9.17, 15) is 4.79 Å². The van der Waals surface area contributed by atoms with Gasteiger partial charge in [-0.2, -0.15) is 9.61 Å². The van der Waals surface area contributed by atoms with E-state index in [2.05, 4.69) is 15.3 Å². The first-order valence-corrected chi connectivity index (χ1v) is 6.73. The normalized spacial score (nSPS) is 10.8. The molecule has 0 bridgehead atoms. The number of carbonyl (C=O) groups is 1. The Kier molecular flexibility index (Phi) is 3.35. The zero-order valence-corrected chi connectivity index (χ0v) is 11.9. The van der Waals surface area contributed by atoms with Crippen LogP contribution < -0.4 is 4.90 Å². The summed E-state index contributed by atoms with van der Waals surface area (Å²) in [6.45, 7) is 1.85. The van der Waals surface area contributed by atoms with Crippen molar-refractivity contribution in [3.8, 4) is 11.3 Å². The Morgan fingerprint density at radius 2 is 2.14 bits per heavy atom. The van der Waals surface area contributed by atoms with Crippen molar-refractivity contribution >= 4 is 17.2 Å². The average Bonchev–Trinajstić information content (AvgIpc) is 3.01. The fourth-order valence-corrected chi connectivity index (χ4v) is 2.14. The van der Waals surface area contributed by atoms with Gasteiger partial charge in [-0.1, -0.05) is 19.1 Å². The Morgan fingerprint density at radius 3 is 2.95 bits per heavy atom. The monoisotopic (exact) mass is 281 g/mol. The molecule has 6 nitrogen and oxygen atoms in total. The van der Waals surface area contributed by atoms with E-state index in [0.717, 1.165) is 16.9 Å². The minimum Gasteiger partial charge on any atom is -0.315 e. The molecule has 0 N–H and O–H groups in total. The number of aromatic nitrogens is 4. The van der Waals surface area contributed by atoms with Crippen LogP contribution in [0, 0.1) is 0 Å². The highest BCUT2D eigenvalue weighted by Crippen LogP contribution is 2.23. The molecule has 21 heavy (non-hydrogen) atoms. The zero-order chi connectivity index (χ0) is 14.8. The summed E-state index contributed by atoms with van der Waals surface area (Å²) in [7, 11) is 1.78. The lowest BCUT2D eigenvalue weighted by Gasteiger charge is -2.17. The summed E-state index contributed by atoms with van der Waals surface area (Å²) in [5.74, 6) is 0.0781. The molecule has 0 saturated carbocycles. The van der Waals surface area contributed by atoms with Crippen molar-refractivity contribution < 1.29 is 4.79 Å². The summed E-state index contributed by atoms with van der Waals surface area (Å²) >= 11 is 0. The van der Waals surface area contributed by atoms with Crippen LogP contribution in [0.15, 0.2) is 42.7 Å². The van der Waals surface area contributed by atoms with Gasteiger partial charge in [0, 0.05) is 24.7 Å². The number of benzene rings is 1. The molecular formula is C15H15N5O. The van der Waals surface area contributed by atoms with Gasteiger partial charge in [0.25, 0.3) is 0 Å². The van der Waals surface area contributed by atoms with Crippen LogP contribution in [-0.4, -0.2) is 32.8 Å². The highest BCUT2D eigenvalue weighted by molar-refractivity contribution is 5.93. The third kappa shape index (κ3) is 2.47. The summed E-state index contributed by atoms with van der Waals surface area (Å²) in [4.78, 5) is 13.4. The molecule has 0 aliphatic rings. The van der Waals surface area contributed by atoms with Crippen LogP contribution in [0.2, 0.25) is 0 Å². The highest BCUT2D eigenvalue weighted by Gasteiger charge is 2.10. The molecule has 1 amide bonds. The van der Waals surface area contributed by atoms with Gasteiger partial charge in [0.05, 0.1) is 5.69 Å². The van der Waals surface area contributed by atoms with E-state index in [0.29, 0.717) is 12.1 Å². The standard InChI is InChI=1S/C15H15N5O/c1-3-15(21)19(2)12-6-4-5-11(9-12)13-7-8-14-17-16-10-20(14)18-13/h4-10H,3H2,1-2H3. The van der Waals surface area contributed by atoms with Crippen molar-refractivity contribution in [1.29, 1.82) is 0 Å². The van der Waals surface area contributed by atoms with Crippen molar-refractivity contribution in [3.05, 3.63) is 42.7 Å². The Balaban J connectivity index is 2.00. The first kappa shape index (κ1) is 13.2. The molecule has 2 heterocycles. The fourth-order valence-electron chi connectivity index (χ4n) is 2.14. The summed E-state index contributed by atoms with van der Waals surface area (Å²) in [5.41, 5.74) is 3.30. The van der Waals surface area contributed by atoms with E-state index in [1.807, 2.05) is 43.3 Å². The van der Waals surface area contributed by atoms with Crippen LogP contribution in [0.5, 0.6) is 0 Å². The van der Waals surface area contributed by atoms with E-state index < -0.39 is 0 Å². The van der Waals surface area contributed by atoms with E-state index in [1.165, 1.54) is 0 Å². The first-order valence-electron chi connectivity index (χ1n) is 6.73. The topological polar surface area (TPSA) is 63.4 Å². The van der Waals surface area contributed by atoms with Crippen LogP contribution in [0.3, 0.4) is 0 Å². The summed E-state index contributed by atoms with van der Waals surface area (Å²) in [5, 5.41) is 12.2. The maximum absolute atomic E-state index is 11.8. The third-order valence-electron chi connectivity index (χ3n) is 3.37. The van der Waals surface area contributed by atoms with Crippen molar-refractivity contribution in [2.75, 3.05) is 11.9 Å². The second kappa shape index (κ2) is 5.32. The van der Waals surface area contributed by atoms with Crippen molar-refractivity contribution in [3.63, 3.8) is 0 Å². The van der Waals surface area contributed by atoms with Gasteiger partial charge in [0.2, 0.25) is 5.91 Å². The SMILES string of the molecule is CCC(=O)N(C)c1cccc(-c2ccc3nncn3n2)c1. The number of hydrogen-bond donors (Lipinski definition) is 0. The van der Waals surface area contributed by atoms with Crippen molar-refractivity contribution in [1.82, 2.24) is 19.8 Å². The molecule has 0 fully saturated rings. The summed E-state index contributed by atoms with van der Waals surface area (Å²) < 4.78 is 1.63. The number of nitrogens with zero attached hydrogens (tertiary/aromatic N) is 5. The van der Waals surface area contributed by atoms with Gasteiger partial charge in [0.15, 0.2) is 5.65 Å². The Morgan fingerprint density at radius 1 is 1.29 bits per heavy atom. The lowest BCUT2D eigenvalue weighted by Crippen LogP contribution is -2.24. The molecule has 2 aromatic heterocycles. The maximum Gasteiger partial charge on any atom is 0.226 e. The van der Waals surface area contributed by atoms with Gasteiger partial charge in [-0.25, -0.2) is 0 Å². The summed E-state index contributed by atoms with van der Waals surface area (Å²) in [6.07, 6.45) is 2.04. The second-order valence-electron chi connectivity index (χ2n) is 4.71. The molecule has 0 aliphatic heterocycles. The van der Waals surface area contributed by atoms with Gasteiger partial charge >= 0.3 is 0 Å². The quantitative estimate of drug-likeness (QED) is 0.738. The number of amides is 1. The van der Waals surface area contributed by atoms with Crippen molar-refractivity contribution in [2.24, 2.45) is 0 Å². The molecule has 0 atom stereocenters. The predicted octanol–water partition coefficient (Wildman–Crippen LogP) is 2.16. The molecule has 6 heteroatoms. The number of fused-ring (bicyclic) bond motifs is 1. The van der Waals surface area contributed by atoms with Crippen LogP contribution in [0.25, 0.3) is 16.9 Å². The van der Waals surface area contributed by atoms with Crippen LogP contribution in [0.4, 0.5) is 5.69 Å². The van der Waals surface area contributed by atoms with Crippen LogP contribution >= 0.6 is 0 Å². The number of rotatable bonds is 3. The van der Waals surface area contributed by atoms with E-state index in [4.69, 9.17) is 0 Å². The molecule has 3 rings (SSSR count). The number of hydrogen-bond acceptors (Lipinski definition) is 4. The molecule has 3 aromatic rings. The number of carbonyl (C=O) groups excluding carboxylic acids is 1. The van der Waals surface area contributed by atoms with Crippen molar-refractivity contribution in [2.45, 2.75) is 13.3 Å². The first-order chi connectivity index (χ1) is 10.2.